The van der Waals surface area contributed by atoms with E-state index in [2.05, 4.69) is 12.2 Å². The second-order valence-corrected chi connectivity index (χ2v) is 6.22. The molecule has 21 heavy (non-hydrogen) atoms. The quantitative estimate of drug-likeness (QED) is 0.718. The Labute approximate surface area is 127 Å². The number of hydrogen-bond acceptors (Lipinski definition) is 2. The number of hydrogen-bond donors (Lipinski definition) is 1. The predicted octanol–water partition coefficient (Wildman–Crippen LogP) is 4.34. The van der Waals surface area contributed by atoms with Crippen molar-refractivity contribution in [2.24, 2.45) is 5.92 Å². The molecule has 0 aliphatic carbocycles. The number of anilines is 1. The number of rotatable bonds is 8. The monoisotopic (exact) mass is 298 g/mol. The smallest absolute Gasteiger partial charge is 0.149 e. The molecule has 1 rings (SSSR count). The summed E-state index contributed by atoms with van der Waals surface area (Å²) >= 11 is 0. The van der Waals surface area contributed by atoms with Crippen molar-refractivity contribution in [3.63, 3.8) is 0 Å². The second-order valence-electron chi connectivity index (χ2n) is 6.22. The molecule has 4 heteroatoms. The molecule has 120 valence electrons. The van der Waals surface area contributed by atoms with Gasteiger partial charge in [-0.3, -0.25) is 0 Å². The van der Waals surface area contributed by atoms with Crippen LogP contribution < -0.4 is 10.2 Å². The molecule has 0 atom stereocenters. The molecule has 0 spiro atoms. The van der Waals surface area contributed by atoms with E-state index in [4.69, 9.17) is 0 Å². The summed E-state index contributed by atoms with van der Waals surface area (Å²) in [7, 11) is 0. The topological polar surface area (TPSA) is 15.3 Å². The third kappa shape index (κ3) is 5.27. The molecule has 0 unspecified atom stereocenters. The average Bonchev–Trinajstić information content (AvgIpc) is 2.36. The maximum absolute atomic E-state index is 14.4. The summed E-state index contributed by atoms with van der Waals surface area (Å²) in [6, 6.07) is 2.94. The minimum absolute atomic E-state index is 0.0560. The van der Waals surface area contributed by atoms with Crippen LogP contribution in [0, 0.1) is 17.6 Å². The average molecular weight is 298 g/mol. The van der Waals surface area contributed by atoms with Crippen LogP contribution in [-0.4, -0.2) is 19.1 Å². The van der Waals surface area contributed by atoms with E-state index in [9.17, 15) is 8.78 Å². The molecule has 0 saturated heterocycles. The predicted molar refractivity (Wildman–Crippen MR) is 85.7 cm³/mol. The van der Waals surface area contributed by atoms with Crippen LogP contribution in [0.1, 0.15) is 46.6 Å². The van der Waals surface area contributed by atoms with Gasteiger partial charge < -0.3 is 10.2 Å². The third-order valence-electron chi connectivity index (χ3n) is 3.30. The van der Waals surface area contributed by atoms with E-state index < -0.39 is 11.6 Å². The number of nitrogens with zero attached hydrogens (tertiary/aromatic N) is 1. The molecule has 1 aromatic rings. The Balaban J connectivity index is 3.01. The summed E-state index contributed by atoms with van der Waals surface area (Å²) in [5.74, 6) is -0.604. The van der Waals surface area contributed by atoms with Crippen molar-refractivity contribution in [3.05, 3.63) is 29.3 Å². The van der Waals surface area contributed by atoms with Gasteiger partial charge >= 0.3 is 0 Å². The fourth-order valence-electron chi connectivity index (χ4n) is 2.36. The highest BCUT2D eigenvalue weighted by atomic mass is 19.1. The number of benzene rings is 1. The fraction of sp³-hybridized carbons (Fsp3) is 0.647. The van der Waals surface area contributed by atoms with Crippen LogP contribution in [-0.2, 0) is 6.54 Å². The van der Waals surface area contributed by atoms with Crippen molar-refractivity contribution >= 4 is 5.69 Å². The molecular weight excluding hydrogens is 270 g/mol. The zero-order chi connectivity index (χ0) is 16.0. The van der Waals surface area contributed by atoms with Crippen LogP contribution in [0.25, 0.3) is 0 Å². The van der Waals surface area contributed by atoms with Gasteiger partial charge in [0.1, 0.15) is 17.3 Å². The van der Waals surface area contributed by atoms with Crippen LogP contribution in [0.4, 0.5) is 14.5 Å². The van der Waals surface area contributed by atoms with Gasteiger partial charge in [0.2, 0.25) is 0 Å². The van der Waals surface area contributed by atoms with Gasteiger partial charge in [0, 0.05) is 19.1 Å². The molecule has 0 fully saturated rings. The largest absolute Gasteiger partial charge is 0.364 e. The molecular formula is C17H28F2N2. The van der Waals surface area contributed by atoms with E-state index in [1.54, 1.807) is 4.90 Å². The summed E-state index contributed by atoms with van der Waals surface area (Å²) in [6.45, 7) is 12.0. The molecule has 0 aliphatic rings. The molecule has 0 bridgehead atoms. The molecule has 0 aromatic heterocycles. The van der Waals surface area contributed by atoms with Crippen LogP contribution in [0.15, 0.2) is 12.1 Å². The lowest BCUT2D eigenvalue weighted by Gasteiger charge is -2.31. The highest BCUT2D eigenvalue weighted by molar-refractivity contribution is 5.51. The van der Waals surface area contributed by atoms with Gasteiger partial charge in [-0.05, 0) is 50.4 Å². The van der Waals surface area contributed by atoms with Crippen molar-refractivity contribution in [2.45, 2.75) is 53.6 Å². The minimum Gasteiger partial charge on any atom is -0.364 e. The highest BCUT2D eigenvalue weighted by Gasteiger charge is 2.21. The second kappa shape index (κ2) is 8.32. The fourth-order valence-corrected chi connectivity index (χ4v) is 2.36. The SMILES string of the molecule is CCCNCc1cc(F)c(N(CC(C)C)C(C)C)c(F)c1. The van der Waals surface area contributed by atoms with Crippen molar-refractivity contribution in [3.8, 4) is 0 Å². The van der Waals surface area contributed by atoms with Crippen LogP contribution >= 0.6 is 0 Å². The van der Waals surface area contributed by atoms with Crippen molar-refractivity contribution in [1.29, 1.82) is 0 Å². The molecule has 2 nitrogen and oxygen atoms in total. The van der Waals surface area contributed by atoms with E-state index in [1.165, 1.54) is 12.1 Å². The van der Waals surface area contributed by atoms with E-state index >= 15 is 0 Å². The Kier molecular flexibility index (Phi) is 7.09. The van der Waals surface area contributed by atoms with Crippen molar-refractivity contribution < 1.29 is 8.78 Å². The van der Waals surface area contributed by atoms with Crippen LogP contribution in [0.5, 0.6) is 0 Å². The van der Waals surface area contributed by atoms with Crippen LogP contribution in [0.2, 0.25) is 0 Å². The lowest BCUT2D eigenvalue weighted by molar-refractivity contribution is 0.521. The van der Waals surface area contributed by atoms with Gasteiger partial charge in [-0.2, -0.15) is 0 Å². The first kappa shape index (κ1) is 17.9. The first-order chi connectivity index (χ1) is 9.86. The Morgan fingerprint density at radius 1 is 1.10 bits per heavy atom. The molecule has 0 amide bonds. The van der Waals surface area contributed by atoms with Crippen molar-refractivity contribution in [2.75, 3.05) is 18.0 Å². The minimum atomic E-state index is -0.474. The maximum Gasteiger partial charge on any atom is 0.149 e. The van der Waals surface area contributed by atoms with Gasteiger partial charge in [-0.1, -0.05) is 20.8 Å². The molecule has 1 aromatic carbocycles. The van der Waals surface area contributed by atoms with E-state index in [-0.39, 0.29) is 11.7 Å². The summed E-state index contributed by atoms with van der Waals surface area (Å²) in [4.78, 5) is 1.80. The zero-order valence-corrected chi connectivity index (χ0v) is 13.8. The Bertz CT molecular complexity index is 421. The summed E-state index contributed by atoms with van der Waals surface area (Å²) < 4.78 is 28.7. The van der Waals surface area contributed by atoms with E-state index in [0.29, 0.717) is 24.6 Å². The maximum atomic E-state index is 14.4. The Morgan fingerprint density at radius 3 is 2.10 bits per heavy atom. The standard InChI is InChI=1S/C17H28F2N2/c1-6-7-20-10-14-8-15(18)17(16(19)9-14)21(13(4)5)11-12(2)3/h8-9,12-13,20H,6-7,10-11H2,1-5H3. The van der Waals surface area contributed by atoms with Gasteiger partial charge in [-0.25, -0.2) is 8.78 Å². The molecule has 0 aliphatic heterocycles. The number of nitrogens with one attached hydrogen (secondary N) is 1. The molecule has 0 heterocycles. The Morgan fingerprint density at radius 2 is 1.67 bits per heavy atom. The highest BCUT2D eigenvalue weighted by Crippen LogP contribution is 2.27. The summed E-state index contributed by atoms with van der Waals surface area (Å²) in [5, 5.41) is 3.16. The number of halogens is 2. The zero-order valence-electron chi connectivity index (χ0n) is 13.8. The molecule has 0 radical (unpaired) electrons. The van der Waals surface area contributed by atoms with E-state index in [1.807, 2.05) is 27.7 Å². The first-order valence-electron chi connectivity index (χ1n) is 7.82. The normalized spacial score (nSPS) is 11.5. The van der Waals surface area contributed by atoms with Crippen LogP contribution in [0.3, 0.4) is 0 Å². The summed E-state index contributed by atoms with van der Waals surface area (Å²) in [5.41, 5.74) is 0.744. The molecule has 0 saturated carbocycles. The van der Waals surface area contributed by atoms with Gasteiger partial charge in [0.05, 0.1) is 0 Å². The van der Waals surface area contributed by atoms with Gasteiger partial charge in [0.15, 0.2) is 0 Å². The third-order valence-corrected chi connectivity index (χ3v) is 3.30. The first-order valence-corrected chi connectivity index (χ1v) is 7.82. The summed E-state index contributed by atoms with van der Waals surface area (Å²) in [6.07, 6.45) is 0.999. The van der Waals surface area contributed by atoms with Crippen molar-refractivity contribution in [1.82, 2.24) is 5.32 Å². The van der Waals surface area contributed by atoms with Gasteiger partial charge in [-0.15, -0.1) is 0 Å². The van der Waals surface area contributed by atoms with E-state index in [0.717, 1.165) is 13.0 Å². The lowest BCUT2D eigenvalue weighted by Crippen LogP contribution is -2.35. The van der Waals surface area contributed by atoms with Gasteiger partial charge in [0.25, 0.3) is 0 Å². The molecule has 1 N–H and O–H groups in total. The Hall–Kier alpha value is -1.16. The lowest BCUT2D eigenvalue weighted by atomic mass is 10.1.